The minimum absolute atomic E-state index is 0.104. The maximum atomic E-state index is 12.4. The molecule has 0 aliphatic heterocycles. The normalized spacial score (nSPS) is 16.4. The predicted molar refractivity (Wildman–Crippen MR) is 109 cm³/mol. The molecule has 1 atom stereocenters. The lowest BCUT2D eigenvalue weighted by Gasteiger charge is -2.24. The van der Waals surface area contributed by atoms with Crippen molar-refractivity contribution in [3.63, 3.8) is 0 Å². The number of carbonyl (C=O) groups excluding carboxylic acids is 1. The third kappa shape index (κ3) is 5.45. The molecular formula is C19H25N3O4S2. The Balaban J connectivity index is 1.58. The second-order valence-corrected chi connectivity index (χ2v) is 9.52. The van der Waals surface area contributed by atoms with Crippen LogP contribution in [0.15, 0.2) is 34.5 Å². The topological polar surface area (TPSA) is 97.4 Å². The van der Waals surface area contributed by atoms with E-state index in [-0.39, 0.29) is 16.8 Å². The fraction of sp³-hybridized carbons (Fsp3) is 0.474. The molecule has 0 radical (unpaired) electrons. The van der Waals surface area contributed by atoms with E-state index in [1.807, 2.05) is 0 Å². The van der Waals surface area contributed by atoms with Gasteiger partial charge in [-0.3, -0.25) is 9.52 Å². The number of benzene rings is 1. The van der Waals surface area contributed by atoms with Crippen molar-refractivity contribution in [3.8, 4) is 5.75 Å². The van der Waals surface area contributed by atoms with Crippen LogP contribution >= 0.6 is 11.3 Å². The lowest BCUT2D eigenvalue weighted by Crippen LogP contribution is -2.43. The van der Waals surface area contributed by atoms with Gasteiger partial charge in [0.1, 0.15) is 5.75 Å². The summed E-state index contributed by atoms with van der Waals surface area (Å²) in [4.78, 5) is 16.5. The number of aromatic nitrogens is 1. The van der Waals surface area contributed by atoms with Gasteiger partial charge in [0.05, 0.1) is 10.6 Å². The Bertz CT molecular complexity index is 904. The van der Waals surface area contributed by atoms with Crippen LogP contribution in [0, 0.1) is 6.92 Å². The number of anilines is 1. The van der Waals surface area contributed by atoms with Gasteiger partial charge >= 0.3 is 0 Å². The zero-order chi connectivity index (χ0) is 20.1. The quantitative estimate of drug-likeness (QED) is 0.711. The van der Waals surface area contributed by atoms with Gasteiger partial charge < -0.3 is 10.1 Å². The smallest absolute Gasteiger partial charge is 0.263 e. The molecule has 1 heterocycles. The minimum Gasteiger partial charge on any atom is -0.481 e. The van der Waals surface area contributed by atoms with Crippen LogP contribution in [0.4, 0.5) is 5.13 Å². The average Bonchev–Trinajstić information content (AvgIpc) is 3.07. The number of nitrogens with zero attached hydrogens (tertiary/aromatic N) is 1. The van der Waals surface area contributed by atoms with E-state index in [0.717, 1.165) is 31.4 Å². The molecule has 1 aliphatic carbocycles. The lowest BCUT2D eigenvalue weighted by molar-refractivity contribution is -0.128. The highest BCUT2D eigenvalue weighted by Crippen LogP contribution is 2.22. The van der Waals surface area contributed by atoms with Gasteiger partial charge in [0.15, 0.2) is 11.2 Å². The van der Waals surface area contributed by atoms with Gasteiger partial charge in [0.25, 0.3) is 15.9 Å². The molecule has 1 aliphatic rings. The van der Waals surface area contributed by atoms with Gasteiger partial charge in [-0.1, -0.05) is 19.3 Å². The van der Waals surface area contributed by atoms with Crippen LogP contribution in [0.1, 0.15) is 44.7 Å². The third-order valence-electron chi connectivity index (χ3n) is 4.61. The highest BCUT2D eigenvalue weighted by molar-refractivity contribution is 7.93. The Morgan fingerprint density at radius 2 is 1.89 bits per heavy atom. The molecule has 152 valence electrons. The molecule has 9 heteroatoms. The predicted octanol–water partition coefficient (Wildman–Crippen LogP) is 3.47. The summed E-state index contributed by atoms with van der Waals surface area (Å²) in [6, 6.07) is 6.21. The number of carbonyl (C=O) groups is 1. The molecule has 1 aromatic carbocycles. The number of rotatable bonds is 7. The zero-order valence-electron chi connectivity index (χ0n) is 16.0. The molecule has 1 saturated carbocycles. The van der Waals surface area contributed by atoms with Gasteiger partial charge in [0, 0.05) is 11.4 Å². The summed E-state index contributed by atoms with van der Waals surface area (Å²) in [6.45, 7) is 3.49. The Labute approximate surface area is 169 Å². The fourth-order valence-electron chi connectivity index (χ4n) is 3.10. The molecule has 1 fully saturated rings. The van der Waals surface area contributed by atoms with Crippen LogP contribution in [-0.2, 0) is 14.8 Å². The van der Waals surface area contributed by atoms with E-state index in [2.05, 4.69) is 15.0 Å². The number of hydrogen-bond acceptors (Lipinski definition) is 6. The van der Waals surface area contributed by atoms with Crippen molar-refractivity contribution in [1.82, 2.24) is 10.3 Å². The Morgan fingerprint density at radius 3 is 2.50 bits per heavy atom. The SMILES string of the molecule is Cc1csc(NS(=O)(=O)c2ccc(OC(C)C(=O)NC3CCCCC3)cc2)n1. The third-order valence-corrected chi connectivity index (χ3v) is 6.97. The number of nitrogens with one attached hydrogen (secondary N) is 2. The van der Waals surface area contributed by atoms with E-state index in [4.69, 9.17) is 4.74 Å². The van der Waals surface area contributed by atoms with Crippen molar-refractivity contribution in [3.05, 3.63) is 35.3 Å². The number of sulfonamides is 1. The highest BCUT2D eigenvalue weighted by Gasteiger charge is 2.21. The van der Waals surface area contributed by atoms with E-state index >= 15 is 0 Å². The second-order valence-electron chi connectivity index (χ2n) is 6.97. The van der Waals surface area contributed by atoms with Gasteiger partial charge in [-0.2, -0.15) is 0 Å². The summed E-state index contributed by atoms with van der Waals surface area (Å²) in [5.41, 5.74) is 0.756. The van der Waals surface area contributed by atoms with Crippen molar-refractivity contribution in [2.45, 2.75) is 63.0 Å². The molecule has 3 rings (SSSR count). The van der Waals surface area contributed by atoms with E-state index in [1.165, 1.54) is 29.9 Å². The number of thiazole rings is 1. The molecule has 2 N–H and O–H groups in total. The van der Waals surface area contributed by atoms with Crippen molar-refractivity contribution in [1.29, 1.82) is 0 Å². The van der Waals surface area contributed by atoms with E-state index in [1.54, 1.807) is 31.4 Å². The number of ether oxygens (including phenoxy) is 1. The summed E-state index contributed by atoms with van der Waals surface area (Å²) in [5.74, 6) is 0.291. The van der Waals surface area contributed by atoms with E-state index in [0.29, 0.717) is 10.9 Å². The first kappa shape index (κ1) is 20.6. The minimum atomic E-state index is -3.72. The Morgan fingerprint density at radius 1 is 1.21 bits per heavy atom. The van der Waals surface area contributed by atoms with Crippen LogP contribution in [0.5, 0.6) is 5.75 Å². The largest absolute Gasteiger partial charge is 0.481 e. The molecule has 2 aromatic rings. The maximum Gasteiger partial charge on any atom is 0.263 e. The Hall–Kier alpha value is -2.13. The summed E-state index contributed by atoms with van der Waals surface area (Å²) < 4.78 is 33.0. The van der Waals surface area contributed by atoms with E-state index in [9.17, 15) is 13.2 Å². The highest BCUT2D eigenvalue weighted by atomic mass is 32.2. The van der Waals surface area contributed by atoms with Gasteiger partial charge in [0.2, 0.25) is 0 Å². The molecule has 0 saturated heterocycles. The molecule has 1 aromatic heterocycles. The van der Waals surface area contributed by atoms with Crippen LogP contribution in [0.25, 0.3) is 0 Å². The molecule has 28 heavy (non-hydrogen) atoms. The molecule has 1 unspecified atom stereocenters. The van der Waals surface area contributed by atoms with Crippen molar-refractivity contribution < 1.29 is 17.9 Å². The number of hydrogen-bond donors (Lipinski definition) is 2. The Kier molecular flexibility index (Phi) is 6.56. The van der Waals surface area contributed by atoms with Crippen LogP contribution in [-0.4, -0.2) is 31.5 Å². The zero-order valence-corrected chi connectivity index (χ0v) is 17.6. The van der Waals surface area contributed by atoms with Gasteiger partial charge in [-0.25, -0.2) is 13.4 Å². The number of amides is 1. The lowest BCUT2D eigenvalue weighted by atomic mass is 9.95. The average molecular weight is 424 g/mol. The first-order chi connectivity index (χ1) is 13.3. The summed E-state index contributed by atoms with van der Waals surface area (Å²) in [7, 11) is -3.72. The van der Waals surface area contributed by atoms with Crippen LogP contribution in [0.2, 0.25) is 0 Å². The fourth-order valence-corrected chi connectivity index (χ4v) is 5.04. The first-order valence-electron chi connectivity index (χ1n) is 9.35. The summed E-state index contributed by atoms with van der Waals surface area (Å²) >= 11 is 1.23. The van der Waals surface area contributed by atoms with Crippen molar-refractivity contribution >= 4 is 32.4 Å². The van der Waals surface area contributed by atoms with Gasteiger partial charge in [-0.05, 0) is 51.0 Å². The van der Waals surface area contributed by atoms with Crippen molar-refractivity contribution in [2.75, 3.05) is 4.72 Å². The van der Waals surface area contributed by atoms with Crippen LogP contribution < -0.4 is 14.8 Å². The summed E-state index contributed by atoms with van der Waals surface area (Å²) in [6.07, 6.45) is 4.88. The molecule has 1 amide bonds. The maximum absolute atomic E-state index is 12.4. The van der Waals surface area contributed by atoms with E-state index < -0.39 is 16.1 Å². The summed E-state index contributed by atoms with van der Waals surface area (Å²) in [5, 5.41) is 5.13. The second kappa shape index (κ2) is 8.91. The monoisotopic (exact) mass is 423 g/mol. The molecule has 7 nitrogen and oxygen atoms in total. The number of aryl methyl sites for hydroxylation is 1. The molecular weight excluding hydrogens is 398 g/mol. The molecule has 0 bridgehead atoms. The van der Waals surface area contributed by atoms with Gasteiger partial charge in [-0.15, -0.1) is 11.3 Å². The van der Waals surface area contributed by atoms with Crippen LogP contribution in [0.3, 0.4) is 0 Å². The van der Waals surface area contributed by atoms with Crippen molar-refractivity contribution in [2.24, 2.45) is 0 Å². The standard InChI is InChI=1S/C19H25N3O4S2/c1-13-12-27-19(20-13)22-28(24,25)17-10-8-16(9-11-17)26-14(2)18(23)21-15-6-4-3-5-7-15/h8-12,14-15H,3-7H2,1-2H3,(H,20,22)(H,21,23). The molecule has 0 spiro atoms. The first-order valence-corrected chi connectivity index (χ1v) is 11.7.